The highest BCUT2D eigenvalue weighted by atomic mass is 16.5. The minimum Gasteiger partial charge on any atom is -0.457 e. The summed E-state index contributed by atoms with van der Waals surface area (Å²) in [7, 11) is 0. The number of carbonyl (C=O) groups is 1. The summed E-state index contributed by atoms with van der Waals surface area (Å²) in [5, 5.41) is 4.03. The van der Waals surface area contributed by atoms with Crippen LogP contribution in [-0.2, 0) is 11.3 Å². The molecule has 0 aliphatic rings. The molecule has 2 aromatic carbocycles. The number of aryl methyl sites for hydroxylation is 1. The highest BCUT2D eigenvalue weighted by Crippen LogP contribution is 2.11. The number of benzene rings is 2. The normalized spacial score (nSPS) is 10.4. The van der Waals surface area contributed by atoms with E-state index >= 15 is 0 Å². The number of esters is 1. The van der Waals surface area contributed by atoms with Crippen LogP contribution < -0.4 is 0 Å². The Kier molecular flexibility index (Phi) is 3.96. The number of aromatic nitrogens is 3. The Morgan fingerprint density at radius 3 is 2.45 bits per heavy atom. The Labute approximate surface area is 128 Å². The summed E-state index contributed by atoms with van der Waals surface area (Å²) >= 11 is 0. The molecule has 22 heavy (non-hydrogen) atoms. The minimum atomic E-state index is -0.342. The quantitative estimate of drug-likeness (QED) is 0.694. The summed E-state index contributed by atoms with van der Waals surface area (Å²) in [5.74, 6) is -0.342. The first-order valence-corrected chi connectivity index (χ1v) is 6.90. The lowest BCUT2D eigenvalue weighted by molar-refractivity contribution is 0.0472. The van der Waals surface area contributed by atoms with E-state index in [9.17, 15) is 4.79 Å². The number of hydrogen-bond acceptors (Lipinski definition) is 4. The molecule has 3 aromatic rings. The molecule has 0 aliphatic carbocycles. The minimum absolute atomic E-state index is 0.268. The van der Waals surface area contributed by atoms with Gasteiger partial charge in [-0.3, -0.25) is 0 Å². The average Bonchev–Trinajstić information content (AvgIpc) is 3.09. The second-order valence-corrected chi connectivity index (χ2v) is 4.95. The van der Waals surface area contributed by atoms with Crippen LogP contribution >= 0.6 is 0 Å². The molecule has 0 saturated heterocycles. The van der Waals surface area contributed by atoms with Crippen LogP contribution in [0.25, 0.3) is 5.69 Å². The van der Waals surface area contributed by atoms with Gasteiger partial charge in [-0.25, -0.2) is 14.5 Å². The first-order chi connectivity index (χ1) is 10.7. The van der Waals surface area contributed by atoms with Crippen LogP contribution in [0.1, 0.15) is 21.5 Å². The Balaban J connectivity index is 1.63. The number of ether oxygens (including phenoxy) is 1. The predicted molar refractivity (Wildman–Crippen MR) is 81.7 cm³/mol. The summed E-state index contributed by atoms with van der Waals surface area (Å²) in [5.41, 5.74) is 3.50. The number of nitrogens with zero attached hydrogens (tertiary/aromatic N) is 3. The van der Waals surface area contributed by atoms with Crippen molar-refractivity contribution in [2.45, 2.75) is 13.5 Å². The lowest BCUT2D eigenvalue weighted by atomic mass is 10.2. The maximum absolute atomic E-state index is 12.0. The fraction of sp³-hybridized carbons (Fsp3) is 0.118. The monoisotopic (exact) mass is 293 g/mol. The van der Waals surface area contributed by atoms with Gasteiger partial charge in [0.05, 0.1) is 11.3 Å². The molecule has 0 unspecified atom stereocenters. The smallest absolute Gasteiger partial charge is 0.338 e. The van der Waals surface area contributed by atoms with Crippen LogP contribution in [0.3, 0.4) is 0 Å². The lowest BCUT2D eigenvalue weighted by Gasteiger charge is -2.06. The van der Waals surface area contributed by atoms with E-state index < -0.39 is 0 Å². The summed E-state index contributed by atoms with van der Waals surface area (Å²) in [6.07, 6.45) is 3.06. The van der Waals surface area contributed by atoms with Gasteiger partial charge in [0.15, 0.2) is 0 Å². The van der Waals surface area contributed by atoms with E-state index in [1.807, 2.05) is 31.2 Å². The number of hydrogen-bond donors (Lipinski definition) is 0. The molecule has 0 amide bonds. The molecule has 5 heteroatoms. The molecule has 0 saturated carbocycles. The van der Waals surface area contributed by atoms with E-state index in [4.69, 9.17) is 4.74 Å². The van der Waals surface area contributed by atoms with Crippen molar-refractivity contribution in [3.8, 4) is 5.69 Å². The average molecular weight is 293 g/mol. The molecule has 1 heterocycles. The van der Waals surface area contributed by atoms with Crippen molar-refractivity contribution < 1.29 is 9.53 Å². The molecule has 1 aromatic heterocycles. The molecule has 0 spiro atoms. The number of carbonyl (C=O) groups excluding carboxylic acids is 1. The summed E-state index contributed by atoms with van der Waals surface area (Å²) in [6, 6.07) is 14.9. The van der Waals surface area contributed by atoms with Crippen molar-refractivity contribution >= 4 is 5.97 Å². The zero-order valence-corrected chi connectivity index (χ0v) is 12.1. The molecular formula is C17H15N3O2. The van der Waals surface area contributed by atoms with E-state index in [2.05, 4.69) is 10.1 Å². The van der Waals surface area contributed by atoms with Gasteiger partial charge in [-0.05, 0) is 36.8 Å². The van der Waals surface area contributed by atoms with Gasteiger partial charge >= 0.3 is 5.97 Å². The van der Waals surface area contributed by atoms with Gasteiger partial charge < -0.3 is 4.74 Å². The third kappa shape index (κ3) is 3.20. The van der Waals surface area contributed by atoms with Crippen molar-refractivity contribution in [2.75, 3.05) is 0 Å². The second-order valence-electron chi connectivity index (χ2n) is 4.95. The van der Waals surface area contributed by atoms with E-state index in [-0.39, 0.29) is 12.6 Å². The van der Waals surface area contributed by atoms with Crippen molar-refractivity contribution in [2.24, 2.45) is 0 Å². The van der Waals surface area contributed by atoms with Crippen LogP contribution in [-0.4, -0.2) is 20.7 Å². The van der Waals surface area contributed by atoms with Crippen molar-refractivity contribution in [1.29, 1.82) is 0 Å². The highest BCUT2D eigenvalue weighted by Gasteiger charge is 2.08. The fourth-order valence-electron chi connectivity index (χ4n) is 2.01. The fourth-order valence-corrected chi connectivity index (χ4v) is 2.01. The molecule has 0 aliphatic heterocycles. The predicted octanol–water partition coefficient (Wildman–Crippen LogP) is 2.93. The first-order valence-electron chi connectivity index (χ1n) is 6.90. The van der Waals surface area contributed by atoms with Gasteiger partial charge in [0.2, 0.25) is 0 Å². The highest BCUT2D eigenvalue weighted by molar-refractivity contribution is 5.89. The van der Waals surface area contributed by atoms with Gasteiger partial charge in [0.1, 0.15) is 19.3 Å². The van der Waals surface area contributed by atoms with E-state index in [1.54, 1.807) is 35.3 Å². The topological polar surface area (TPSA) is 57.0 Å². The van der Waals surface area contributed by atoms with Gasteiger partial charge in [0, 0.05) is 0 Å². The maximum atomic E-state index is 12.0. The van der Waals surface area contributed by atoms with Gasteiger partial charge in [-0.15, -0.1) is 0 Å². The van der Waals surface area contributed by atoms with Gasteiger partial charge in [0.25, 0.3) is 0 Å². The number of rotatable bonds is 4. The van der Waals surface area contributed by atoms with Crippen LogP contribution in [0.2, 0.25) is 0 Å². The second kappa shape index (κ2) is 6.22. The molecule has 0 bridgehead atoms. The van der Waals surface area contributed by atoms with Gasteiger partial charge in [-0.2, -0.15) is 5.10 Å². The maximum Gasteiger partial charge on any atom is 0.338 e. The standard InChI is InChI=1S/C17H15N3O2/c1-13-2-4-14(5-3-13)10-22-17(21)15-6-8-16(9-7-15)20-12-18-11-19-20/h2-9,11-12H,10H2,1H3. The van der Waals surface area contributed by atoms with Crippen molar-refractivity contribution in [1.82, 2.24) is 14.8 Å². The van der Waals surface area contributed by atoms with Gasteiger partial charge in [-0.1, -0.05) is 29.8 Å². The Bertz CT molecular complexity index is 748. The Morgan fingerprint density at radius 1 is 1.09 bits per heavy atom. The molecule has 0 atom stereocenters. The summed E-state index contributed by atoms with van der Waals surface area (Å²) in [4.78, 5) is 15.9. The summed E-state index contributed by atoms with van der Waals surface area (Å²) < 4.78 is 6.94. The van der Waals surface area contributed by atoms with E-state index in [0.717, 1.165) is 11.3 Å². The lowest BCUT2D eigenvalue weighted by Crippen LogP contribution is -2.05. The molecule has 5 nitrogen and oxygen atoms in total. The van der Waals surface area contributed by atoms with Crippen molar-refractivity contribution in [3.63, 3.8) is 0 Å². The van der Waals surface area contributed by atoms with E-state index in [0.29, 0.717) is 5.56 Å². The molecular weight excluding hydrogens is 278 g/mol. The SMILES string of the molecule is Cc1ccc(COC(=O)c2ccc(-n3cncn3)cc2)cc1. The van der Waals surface area contributed by atoms with Crippen LogP contribution in [0.5, 0.6) is 0 Å². The van der Waals surface area contributed by atoms with E-state index in [1.165, 1.54) is 11.9 Å². The zero-order chi connectivity index (χ0) is 15.4. The third-order valence-electron chi connectivity index (χ3n) is 3.28. The summed E-state index contributed by atoms with van der Waals surface area (Å²) in [6.45, 7) is 2.29. The zero-order valence-electron chi connectivity index (χ0n) is 12.1. The largest absolute Gasteiger partial charge is 0.457 e. The van der Waals surface area contributed by atoms with Crippen LogP contribution in [0.15, 0.2) is 61.2 Å². The Morgan fingerprint density at radius 2 is 1.82 bits per heavy atom. The molecule has 0 radical (unpaired) electrons. The molecule has 0 N–H and O–H groups in total. The molecule has 3 rings (SSSR count). The van der Waals surface area contributed by atoms with Crippen LogP contribution in [0.4, 0.5) is 0 Å². The third-order valence-corrected chi connectivity index (χ3v) is 3.28. The Hall–Kier alpha value is -2.95. The molecule has 110 valence electrons. The van der Waals surface area contributed by atoms with Crippen molar-refractivity contribution in [3.05, 3.63) is 77.9 Å². The first kappa shape index (κ1) is 14.0. The van der Waals surface area contributed by atoms with Crippen LogP contribution in [0, 0.1) is 6.92 Å². The molecule has 0 fully saturated rings.